The van der Waals surface area contributed by atoms with Gasteiger partial charge in [-0.1, -0.05) is 47.3 Å². The number of aromatic nitrogens is 2. The Balaban J connectivity index is 0.935. The van der Waals surface area contributed by atoms with Crippen LogP contribution in [0.5, 0.6) is 0 Å². The Morgan fingerprint density at radius 1 is 1.07 bits per heavy atom. The number of hydrogen-bond acceptors (Lipinski definition) is 12. The topological polar surface area (TPSA) is 223 Å². The molecule has 6 amide bonds. The van der Waals surface area contributed by atoms with E-state index in [9.17, 15) is 28.8 Å². The fourth-order valence-electron chi connectivity index (χ4n) is 6.40. The molecule has 2 aromatic carbocycles. The van der Waals surface area contributed by atoms with Gasteiger partial charge in [0.1, 0.15) is 23.3 Å². The first-order valence-corrected chi connectivity index (χ1v) is 19.0. The highest BCUT2D eigenvalue weighted by Crippen LogP contribution is 2.39. The molecule has 15 nitrogen and oxygen atoms in total. The minimum Gasteiger partial charge on any atom is -0.381 e. The lowest BCUT2D eigenvalue weighted by atomic mass is 9.91. The molecule has 3 aromatic rings. The quantitative estimate of drug-likeness (QED) is 0.0818. The second-order valence-electron chi connectivity index (χ2n) is 13.8. The van der Waals surface area contributed by atoms with Gasteiger partial charge in [-0.3, -0.25) is 39.0 Å². The van der Waals surface area contributed by atoms with Gasteiger partial charge in [0, 0.05) is 48.5 Å². The van der Waals surface area contributed by atoms with E-state index in [2.05, 4.69) is 42.7 Å². The van der Waals surface area contributed by atoms with Crippen molar-refractivity contribution in [1.82, 2.24) is 25.5 Å². The minimum atomic E-state index is -1.06. The van der Waals surface area contributed by atoms with E-state index in [1.807, 2.05) is 6.92 Å². The van der Waals surface area contributed by atoms with Crippen molar-refractivity contribution >= 4 is 76.1 Å². The number of halogens is 1. The van der Waals surface area contributed by atoms with Crippen molar-refractivity contribution in [2.75, 3.05) is 35.6 Å². The summed E-state index contributed by atoms with van der Waals surface area (Å²) in [7, 11) is 0. The van der Waals surface area contributed by atoms with Crippen LogP contribution in [0.25, 0.3) is 0 Å². The molecule has 1 aromatic heterocycles. The van der Waals surface area contributed by atoms with Crippen LogP contribution in [0.4, 0.5) is 17.3 Å². The van der Waals surface area contributed by atoms with Crippen LogP contribution in [0.15, 0.2) is 52.5 Å². The molecule has 55 heavy (non-hydrogen) atoms. The van der Waals surface area contributed by atoms with Crippen LogP contribution >= 0.6 is 23.4 Å². The van der Waals surface area contributed by atoms with Gasteiger partial charge in [0.15, 0.2) is 5.82 Å². The number of unbranched alkanes of at least 4 members (excludes halogenated alkanes) is 2. The highest BCUT2D eigenvalue weighted by molar-refractivity contribution is 7.99. The van der Waals surface area contributed by atoms with E-state index < -0.39 is 47.9 Å². The molecule has 0 spiro atoms. The third-order valence-corrected chi connectivity index (χ3v) is 11.1. The molecule has 2 fully saturated rings. The van der Waals surface area contributed by atoms with E-state index in [0.717, 1.165) is 30.8 Å². The van der Waals surface area contributed by atoms with Gasteiger partial charge in [0.05, 0.1) is 28.0 Å². The van der Waals surface area contributed by atoms with Crippen molar-refractivity contribution < 1.29 is 28.8 Å². The molecule has 1 atom stereocenters. The number of nitrogens with zero attached hydrogens (tertiary/aromatic N) is 4. The molecule has 3 aliphatic heterocycles. The average Bonchev–Trinajstić information content (AvgIpc) is 3.39. The summed E-state index contributed by atoms with van der Waals surface area (Å²) in [4.78, 5) is 88.0. The molecule has 0 bridgehead atoms. The number of carbonyl (C=O) groups is 6. The third-order valence-electron chi connectivity index (χ3n) is 9.49. The van der Waals surface area contributed by atoms with E-state index in [4.69, 9.17) is 23.1 Å². The van der Waals surface area contributed by atoms with Crippen molar-refractivity contribution in [1.29, 1.82) is 0 Å². The molecule has 7 N–H and O–H groups in total. The van der Waals surface area contributed by atoms with Gasteiger partial charge in [-0.2, -0.15) is 0 Å². The Bertz CT molecular complexity index is 2120. The number of nitrogens with one attached hydrogen (secondary N) is 3. The Morgan fingerprint density at radius 2 is 1.84 bits per heavy atom. The molecule has 17 heteroatoms. The van der Waals surface area contributed by atoms with Gasteiger partial charge in [-0.05, 0) is 63.3 Å². The highest BCUT2D eigenvalue weighted by Gasteiger charge is 2.45. The maximum atomic E-state index is 13.2. The summed E-state index contributed by atoms with van der Waals surface area (Å²) >= 11 is 7.85. The standard InChI is InChI=1S/C38H40ClN9O6S/c1-38(41)15-18-47(19-16-38)27-21-43-35(33(40)45-27)55-26-12-7-11-24(32(26)39)44-30(51)20-29(50)42-17-5-3-2-4-8-22-9-6-10-23-31(22)37(54)48(36(23)53)25-13-14-28(49)46-34(25)52/h6-7,9-12,21,25H,2-3,5,13-20,41H2,1H3,(H2,40,45)(H,42,50)(H,44,51)(H,46,49,52). The van der Waals surface area contributed by atoms with Gasteiger partial charge in [-0.15, -0.1) is 0 Å². The van der Waals surface area contributed by atoms with Crippen molar-refractivity contribution in [3.8, 4) is 11.8 Å². The Morgan fingerprint density at radius 3 is 2.58 bits per heavy atom. The monoisotopic (exact) mass is 785 g/mol. The summed E-state index contributed by atoms with van der Waals surface area (Å²) in [6.07, 6.45) is 4.69. The molecule has 4 heterocycles. The number of rotatable bonds is 11. The molecule has 0 saturated carbocycles. The molecule has 6 rings (SSSR count). The fourth-order valence-corrected chi connectivity index (χ4v) is 7.50. The number of anilines is 3. The average molecular weight is 786 g/mol. The van der Waals surface area contributed by atoms with Gasteiger partial charge < -0.3 is 27.0 Å². The van der Waals surface area contributed by atoms with Crippen LogP contribution in [0, 0.1) is 11.8 Å². The third kappa shape index (κ3) is 9.25. The molecule has 0 aliphatic carbocycles. The van der Waals surface area contributed by atoms with Gasteiger partial charge >= 0.3 is 0 Å². The van der Waals surface area contributed by atoms with Crippen LogP contribution < -0.4 is 32.3 Å². The summed E-state index contributed by atoms with van der Waals surface area (Å²) in [6.45, 7) is 3.89. The highest BCUT2D eigenvalue weighted by atomic mass is 35.5. The Kier molecular flexibility index (Phi) is 12.0. The van der Waals surface area contributed by atoms with Gasteiger partial charge in [0.2, 0.25) is 23.6 Å². The number of amides is 6. The zero-order valence-corrected chi connectivity index (χ0v) is 31.6. The summed E-state index contributed by atoms with van der Waals surface area (Å²) in [5, 5.41) is 8.34. The van der Waals surface area contributed by atoms with E-state index >= 15 is 0 Å². The van der Waals surface area contributed by atoms with Crippen molar-refractivity contribution in [2.24, 2.45) is 5.73 Å². The minimum absolute atomic E-state index is 0.0342. The summed E-state index contributed by atoms with van der Waals surface area (Å²) < 4.78 is 0. The lowest BCUT2D eigenvalue weighted by Gasteiger charge is -2.37. The second-order valence-corrected chi connectivity index (χ2v) is 15.2. The Labute approximate surface area is 326 Å². The first kappa shape index (κ1) is 39.2. The number of imide groups is 2. The zero-order chi connectivity index (χ0) is 39.3. The van der Waals surface area contributed by atoms with E-state index in [1.54, 1.807) is 36.5 Å². The zero-order valence-electron chi connectivity index (χ0n) is 30.1. The maximum Gasteiger partial charge on any atom is 0.263 e. The molecule has 3 aliphatic rings. The Hall–Kier alpha value is -5.50. The predicted molar refractivity (Wildman–Crippen MR) is 206 cm³/mol. The number of nitrogens with two attached hydrogens (primary N) is 2. The second kappa shape index (κ2) is 16.9. The molecular formula is C38H40ClN9O6S. The van der Waals surface area contributed by atoms with E-state index in [0.29, 0.717) is 52.8 Å². The lowest BCUT2D eigenvalue weighted by molar-refractivity contribution is -0.136. The number of nitrogen functional groups attached to an aromatic ring is 1. The number of piperidine rings is 2. The number of fused-ring (bicyclic) bond motifs is 1. The summed E-state index contributed by atoms with van der Waals surface area (Å²) in [5.74, 6) is 3.58. The lowest BCUT2D eigenvalue weighted by Crippen LogP contribution is -2.54. The van der Waals surface area contributed by atoms with Crippen LogP contribution in [0.2, 0.25) is 5.02 Å². The molecule has 286 valence electrons. The largest absolute Gasteiger partial charge is 0.381 e. The smallest absolute Gasteiger partial charge is 0.263 e. The van der Waals surface area contributed by atoms with Crippen LogP contribution in [0.1, 0.15) is 84.6 Å². The van der Waals surface area contributed by atoms with Crippen molar-refractivity contribution in [3.63, 3.8) is 0 Å². The van der Waals surface area contributed by atoms with E-state index in [1.165, 1.54) is 17.8 Å². The maximum absolute atomic E-state index is 13.2. The number of hydrogen-bond donors (Lipinski definition) is 5. The van der Waals surface area contributed by atoms with Crippen molar-refractivity contribution in [3.05, 3.63) is 64.3 Å². The fraction of sp³-hybridized carbons (Fsp3) is 0.368. The van der Waals surface area contributed by atoms with Crippen LogP contribution in [-0.2, 0) is 19.2 Å². The summed E-state index contributed by atoms with van der Waals surface area (Å²) in [5.41, 5.74) is 13.3. The molecule has 2 saturated heterocycles. The molecule has 0 radical (unpaired) electrons. The van der Waals surface area contributed by atoms with Crippen molar-refractivity contribution in [2.45, 2.75) is 79.8 Å². The normalized spacial score (nSPS) is 17.6. The predicted octanol–water partition coefficient (Wildman–Crippen LogP) is 3.25. The number of carbonyl (C=O) groups excluding carboxylic acids is 6. The molecular weight excluding hydrogens is 746 g/mol. The SMILES string of the molecule is CC1(N)CCN(c2cnc(Sc3cccc(NC(=O)CC(=O)NCCCCC#Cc4cccc5c4C(=O)N(C4CCC(=O)NC4=O)C5=O)c3Cl)c(N)n2)CC1. The first-order valence-electron chi connectivity index (χ1n) is 17.8. The van der Waals surface area contributed by atoms with E-state index in [-0.39, 0.29) is 40.3 Å². The van der Waals surface area contributed by atoms with Crippen LogP contribution in [0.3, 0.4) is 0 Å². The number of benzene rings is 2. The molecule has 1 unspecified atom stereocenters. The van der Waals surface area contributed by atoms with Gasteiger partial charge in [-0.25, -0.2) is 9.97 Å². The summed E-state index contributed by atoms with van der Waals surface area (Å²) in [6, 6.07) is 8.84. The van der Waals surface area contributed by atoms with Gasteiger partial charge in [0.25, 0.3) is 11.8 Å². The van der Waals surface area contributed by atoms with Crippen LogP contribution in [-0.4, -0.2) is 81.5 Å². The first-order chi connectivity index (χ1) is 26.3.